The van der Waals surface area contributed by atoms with Gasteiger partial charge < -0.3 is 0 Å². The predicted molar refractivity (Wildman–Crippen MR) is 78.0 cm³/mol. The van der Waals surface area contributed by atoms with Crippen molar-refractivity contribution in [2.45, 2.75) is 33.2 Å². The fourth-order valence-corrected chi connectivity index (χ4v) is 2.04. The molecule has 2 rings (SSSR count). The highest BCUT2D eigenvalue weighted by atomic mass is 16.1. The van der Waals surface area contributed by atoms with E-state index >= 15 is 0 Å². The maximum Gasteiger partial charge on any atom is 0.267 e. The lowest BCUT2D eigenvalue weighted by Crippen LogP contribution is -2.26. The summed E-state index contributed by atoms with van der Waals surface area (Å²) in [6, 6.07) is 10.6. The minimum absolute atomic E-state index is 0.0202. The Bertz CT molecular complexity index is 657. The standard InChI is InChI=1S/C16H18N2O2/c1-3-4-13-6-8-14(9-7-13)15(19)11-18-16(20)10-5-12(2)17-18/h5-10H,3-4,11H2,1-2H3. The molecule has 0 N–H and O–H groups in total. The number of carbonyl (C=O) groups is 1. The molecular formula is C16H18N2O2. The Labute approximate surface area is 118 Å². The number of benzene rings is 1. The van der Waals surface area contributed by atoms with Gasteiger partial charge in [-0.15, -0.1) is 0 Å². The predicted octanol–water partition coefficient (Wildman–Crippen LogP) is 2.39. The summed E-state index contributed by atoms with van der Waals surface area (Å²) in [7, 11) is 0. The molecule has 0 saturated heterocycles. The molecule has 20 heavy (non-hydrogen) atoms. The minimum Gasteiger partial charge on any atom is -0.292 e. The van der Waals surface area contributed by atoms with Gasteiger partial charge in [0.15, 0.2) is 5.78 Å². The van der Waals surface area contributed by atoms with Gasteiger partial charge in [0.05, 0.1) is 5.69 Å². The molecule has 0 fully saturated rings. The zero-order chi connectivity index (χ0) is 14.5. The normalized spacial score (nSPS) is 10.5. The molecule has 0 bridgehead atoms. The molecule has 1 aromatic carbocycles. The summed E-state index contributed by atoms with van der Waals surface area (Å²) in [5, 5.41) is 4.07. The summed E-state index contributed by atoms with van der Waals surface area (Å²) in [6.07, 6.45) is 2.09. The van der Waals surface area contributed by atoms with Crippen LogP contribution in [-0.4, -0.2) is 15.6 Å². The van der Waals surface area contributed by atoms with Crippen LogP contribution < -0.4 is 5.56 Å². The van der Waals surface area contributed by atoms with E-state index in [1.165, 1.54) is 16.3 Å². The van der Waals surface area contributed by atoms with Crippen molar-refractivity contribution in [3.8, 4) is 0 Å². The van der Waals surface area contributed by atoms with Crippen LogP contribution >= 0.6 is 0 Å². The van der Waals surface area contributed by atoms with Crippen molar-refractivity contribution in [3.05, 3.63) is 63.6 Å². The van der Waals surface area contributed by atoms with Crippen LogP contribution in [0, 0.1) is 6.92 Å². The number of hydrogen-bond acceptors (Lipinski definition) is 3. The maximum absolute atomic E-state index is 12.1. The molecule has 0 atom stereocenters. The van der Waals surface area contributed by atoms with Crippen LogP contribution in [0.5, 0.6) is 0 Å². The number of aromatic nitrogens is 2. The van der Waals surface area contributed by atoms with Crippen LogP contribution in [0.25, 0.3) is 0 Å². The van der Waals surface area contributed by atoms with Crippen LogP contribution in [0.2, 0.25) is 0 Å². The fourth-order valence-electron chi connectivity index (χ4n) is 2.04. The Hall–Kier alpha value is -2.23. The van der Waals surface area contributed by atoms with E-state index in [0.29, 0.717) is 5.56 Å². The zero-order valence-corrected chi connectivity index (χ0v) is 11.8. The lowest BCUT2D eigenvalue weighted by atomic mass is 10.1. The highest BCUT2D eigenvalue weighted by Crippen LogP contribution is 2.08. The lowest BCUT2D eigenvalue weighted by Gasteiger charge is -2.05. The highest BCUT2D eigenvalue weighted by Gasteiger charge is 2.08. The van der Waals surface area contributed by atoms with Crippen molar-refractivity contribution in [1.82, 2.24) is 9.78 Å². The average Bonchev–Trinajstić information content (AvgIpc) is 2.44. The lowest BCUT2D eigenvalue weighted by molar-refractivity contribution is 0.0965. The highest BCUT2D eigenvalue weighted by molar-refractivity contribution is 5.95. The van der Waals surface area contributed by atoms with E-state index in [1.807, 2.05) is 24.3 Å². The smallest absolute Gasteiger partial charge is 0.267 e. The third-order valence-electron chi connectivity index (χ3n) is 3.11. The first-order valence-electron chi connectivity index (χ1n) is 6.77. The van der Waals surface area contributed by atoms with Crippen LogP contribution in [0.4, 0.5) is 0 Å². The van der Waals surface area contributed by atoms with E-state index in [1.54, 1.807) is 13.0 Å². The second-order valence-corrected chi connectivity index (χ2v) is 4.84. The van der Waals surface area contributed by atoms with Crippen molar-refractivity contribution in [2.24, 2.45) is 0 Å². The van der Waals surface area contributed by atoms with E-state index in [0.717, 1.165) is 18.5 Å². The monoisotopic (exact) mass is 270 g/mol. The number of carbonyl (C=O) groups excluding carboxylic acids is 1. The summed E-state index contributed by atoms with van der Waals surface area (Å²) in [4.78, 5) is 23.8. The van der Waals surface area contributed by atoms with Crippen molar-refractivity contribution in [1.29, 1.82) is 0 Å². The average molecular weight is 270 g/mol. The quantitative estimate of drug-likeness (QED) is 0.784. The molecule has 1 heterocycles. The van der Waals surface area contributed by atoms with E-state index < -0.39 is 0 Å². The van der Waals surface area contributed by atoms with E-state index in [-0.39, 0.29) is 17.9 Å². The van der Waals surface area contributed by atoms with Crippen LogP contribution in [0.1, 0.15) is 35.0 Å². The van der Waals surface area contributed by atoms with Gasteiger partial charge in [-0.05, 0) is 25.0 Å². The molecule has 0 radical (unpaired) electrons. The molecular weight excluding hydrogens is 252 g/mol. The Kier molecular flexibility index (Phi) is 4.45. The third-order valence-corrected chi connectivity index (χ3v) is 3.11. The van der Waals surface area contributed by atoms with Gasteiger partial charge in [0.25, 0.3) is 5.56 Å². The molecule has 2 aromatic rings. The van der Waals surface area contributed by atoms with Crippen LogP contribution in [-0.2, 0) is 13.0 Å². The molecule has 104 valence electrons. The summed E-state index contributed by atoms with van der Waals surface area (Å²) >= 11 is 0. The Morgan fingerprint density at radius 1 is 1.15 bits per heavy atom. The maximum atomic E-state index is 12.1. The molecule has 0 aliphatic heterocycles. The van der Waals surface area contributed by atoms with Gasteiger partial charge in [0.2, 0.25) is 0 Å². The van der Waals surface area contributed by atoms with Gasteiger partial charge in [0.1, 0.15) is 6.54 Å². The molecule has 1 aromatic heterocycles. The summed E-state index contributed by atoms with van der Waals surface area (Å²) in [5.74, 6) is -0.103. The van der Waals surface area contributed by atoms with E-state index in [2.05, 4.69) is 12.0 Å². The molecule has 0 unspecified atom stereocenters. The van der Waals surface area contributed by atoms with Crippen molar-refractivity contribution < 1.29 is 4.79 Å². The number of aryl methyl sites for hydroxylation is 2. The molecule has 4 heteroatoms. The van der Waals surface area contributed by atoms with Crippen LogP contribution in [0.3, 0.4) is 0 Å². The summed E-state index contributed by atoms with van der Waals surface area (Å²) in [5.41, 5.74) is 2.29. The number of hydrogen-bond donors (Lipinski definition) is 0. The summed E-state index contributed by atoms with van der Waals surface area (Å²) in [6.45, 7) is 3.89. The number of ketones is 1. The largest absolute Gasteiger partial charge is 0.292 e. The molecule has 0 saturated carbocycles. The number of Topliss-reactive ketones (excluding diaryl/α,β-unsaturated/α-hetero) is 1. The third kappa shape index (κ3) is 3.41. The minimum atomic E-state index is -0.258. The Balaban J connectivity index is 2.15. The number of nitrogens with zero attached hydrogens (tertiary/aromatic N) is 2. The van der Waals surface area contributed by atoms with Gasteiger partial charge in [0, 0.05) is 11.6 Å². The first kappa shape index (κ1) is 14.2. The van der Waals surface area contributed by atoms with Crippen LogP contribution in [0.15, 0.2) is 41.2 Å². The van der Waals surface area contributed by atoms with Crippen molar-refractivity contribution in [3.63, 3.8) is 0 Å². The molecule has 0 aliphatic carbocycles. The summed E-state index contributed by atoms with van der Waals surface area (Å²) < 4.78 is 1.21. The Morgan fingerprint density at radius 3 is 2.50 bits per heavy atom. The SMILES string of the molecule is CCCc1ccc(C(=O)Cn2nc(C)ccc2=O)cc1. The molecule has 4 nitrogen and oxygen atoms in total. The molecule has 0 spiro atoms. The van der Waals surface area contributed by atoms with Gasteiger partial charge in [-0.25, -0.2) is 4.68 Å². The molecule has 0 amide bonds. The van der Waals surface area contributed by atoms with Gasteiger partial charge in [-0.2, -0.15) is 5.10 Å². The van der Waals surface area contributed by atoms with Gasteiger partial charge in [-0.3, -0.25) is 9.59 Å². The van der Waals surface area contributed by atoms with Crippen molar-refractivity contribution in [2.75, 3.05) is 0 Å². The first-order valence-corrected chi connectivity index (χ1v) is 6.77. The second-order valence-electron chi connectivity index (χ2n) is 4.84. The zero-order valence-electron chi connectivity index (χ0n) is 11.8. The first-order chi connectivity index (χ1) is 9.60. The molecule has 0 aliphatic rings. The van der Waals surface area contributed by atoms with Crippen molar-refractivity contribution >= 4 is 5.78 Å². The fraction of sp³-hybridized carbons (Fsp3) is 0.312. The topological polar surface area (TPSA) is 52.0 Å². The van der Waals surface area contributed by atoms with E-state index in [4.69, 9.17) is 0 Å². The second kappa shape index (κ2) is 6.28. The van der Waals surface area contributed by atoms with Gasteiger partial charge in [-0.1, -0.05) is 37.6 Å². The number of rotatable bonds is 5. The van der Waals surface area contributed by atoms with E-state index in [9.17, 15) is 9.59 Å². The van der Waals surface area contributed by atoms with Gasteiger partial charge >= 0.3 is 0 Å². The Morgan fingerprint density at radius 2 is 1.85 bits per heavy atom.